The lowest BCUT2D eigenvalue weighted by molar-refractivity contribution is 0.0162. The molecule has 1 aliphatic heterocycles. The number of amides is 1. The Morgan fingerprint density at radius 1 is 1.53 bits per heavy atom. The summed E-state index contributed by atoms with van der Waals surface area (Å²) in [7, 11) is 0. The van der Waals surface area contributed by atoms with Crippen molar-refractivity contribution in [2.45, 2.75) is 57.8 Å². The van der Waals surface area contributed by atoms with Crippen LogP contribution in [0.4, 0.5) is 4.79 Å². The molecular weight excluding hydrogens is 234 g/mol. The Bertz CT molecular complexity index is 261. The van der Waals surface area contributed by atoms with Crippen LogP contribution in [-0.2, 0) is 4.74 Å². The number of rotatable bonds is 2. The summed E-state index contributed by atoms with van der Waals surface area (Å²) in [6, 6.07) is 0. The van der Waals surface area contributed by atoms with Crippen LogP contribution in [0.1, 0.15) is 47.0 Å². The normalized spacial score (nSPS) is 23.4. The van der Waals surface area contributed by atoms with E-state index in [9.17, 15) is 4.79 Å². The Kier molecular flexibility index (Phi) is 5.17. The third kappa shape index (κ3) is 5.66. The van der Waals surface area contributed by atoms with E-state index in [2.05, 4.69) is 19.6 Å². The molecule has 0 bridgehead atoms. The summed E-state index contributed by atoms with van der Waals surface area (Å²) >= 11 is 4.42. The number of hydrogen-bond acceptors (Lipinski definition) is 3. The summed E-state index contributed by atoms with van der Waals surface area (Å²) in [6.45, 7) is 9.47. The van der Waals surface area contributed by atoms with E-state index in [1.807, 2.05) is 25.7 Å². The lowest BCUT2D eigenvalue weighted by Gasteiger charge is -2.34. The van der Waals surface area contributed by atoms with Crippen LogP contribution in [0.2, 0.25) is 0 Å². The Balaban J connectivity index is 2.46. The van der Waals surface area contributed by atoms with Crippen LogP contribution in [0.25, 0.3) is 0 Å². The highest BCUT2D eigenvalue weighted by molar-refractivity contribution is 7.80. The molecule has 17 heavy (non-hydrogen) atoms. The van der Waals surface area contributed by atoms with Gasteiger partial charge in [-0.05, 0) is 51.2 Å². The van der Waals surface area contributed by atoms with Crippen molar-refractivity contribution in [3.05, 3.63) is 0 Å². The van der Waals surface area contributed by atoms with Crippen LogP contribution in [-0.4, -0.2) is 34.9 Å². The second-order valence-corrected chi connectivity index (χ2v) is 6.90. The summed E-state index contributed by atoms with van der Waals surface area (Å²) in [5.74, 6) is 0.573. The fourth-order valence-electron chi connectivity index (χ4n) is 2.23. The topological polar surface area (TPSA) is 29.5 Å². The van der Waals surface area contributed by atoms with Gasteiger partial charge in [0, 0.05) is 13.1 Å². The number of likely N-dealkylation sites (tertiary alicyclic amines) is 1. The maximum atomic E-state index is 11.9. The Hall–Kier alpha value is -0.380. The molecule has 2 unspecified atom stereocenters. The number of ether oxygens (including phenoxy) is 1. The first-order valence-corrected chi connectivity index (χ1v) is 6.95. The van der Waals surface area contributed by atoms with Gasteiger partial charge in [0.1, 0.15) is 5.60 Å². The highest BCUT2D eigenvalue weighted by atomic mass is 32.1. The highest BCUT2D eigenvalue weighted by Gasteiger charge is 2.27. The fourth-order valence-corrected chi connectivity index (χ4v) is 2.53. The molecular formula is C13H25NO2S. The molecule has 1 rings (SSSR count). The van der Waals surface area contributed by atoms with Gasteiger partial charge in [0.15, 0.2) is 0 Å². The second kappa shape index (κ2) is 5.98. The second-order valence-electron chi connectivity index (χ2n) is 6.02. The van der Waals surface area contributed by atoms with Crippen LogP contribution in [0, 0.1) is 5.92 Å². The summed E-state index contributed by atoms with van der Waals surface area (Å²) in [5.41, 5.74) is -0.402. The van der Waals surface area contributed by atoms with Crippen molar-refractivity contribution in [2.24, 2.45) is 5.92 Å². The van der Waals surface area contributed by atoms with Gasteiger partial charge in [0.05, 0.1) is 0 Å². The Morgan fingerprint density at radius 2 is 2.18 bits per heavy atom. The van der Waals surface area contributed by atoms with Crippen molar-refractivity contribution in [1.82, 2.24) is 4.90 Å². The zero-order valence-electron chi connectivity index (χ0n) is 11.4. The zero-order chi connectivity index (χ0) is 13.1. The van der Waals surface area contributed by atoms with Crippen molar-refractivity contribution in [2.75, 3.05) is 13.1 Å². The number of carbonyl (C=O) groups is 1. The van der Waals surface area contributed by atoms with Crippen LogP contribution >= 0.6 is 12.6 Å². The minimum Gasteiger partial charge on any atom is -0.444 e. The molecule has 1 amide bonds. The number of carbonyl (C=O) groups excluding carboxylic acids is 1. The van der Waals surface area contributed by atoms with Crippen molar-refractivity contribution in [1.29, 1.82) is 0 Å². The molecule has 0 aromatic heterocycles. The van der Waals surface area contributed by atoms with Crippen molar-refractivity contribution >= 4 is 18.7 Å². The molecule has 0 radical (unpaired) electrons. The quantitative estimate of drug-likeness (QED) is 0.771. The largest absolute Gasteiger partial charge is 0.444 e. The van der Waals surface area contributed by atoms with E-state index in [1.54, 1.807) is 0 Å². The molecule has 1 heterocycles. The van der Waals surface area contributed by atoms with E-state index < -0.39 is 5.60 Å². The first kappa shape index (κ1) is 14.7. The van der Waals surface area contributed by atoms with Gasteiger partial charge >= 0.3 is 6.09 Å². The van der Waals surface area contributed by atoms with Crippen LogP contribution in [0.3, 0.4) is 0 Å². The zero-order valence-corrected chi connectivity index (χ0v) is 12.3. The lowest BCUT2D eigenvalue weighted by Crippen LogP contribution is -2.43. The minimum atomic E-state index is -0.402. The van der Waals surface area contributed by atoms with Crippen LogP contribution in [0.15, 0.2) is 0 Å². The lowest BCUT2D eigenvalue weighted by atomic mass is 9.94. The third-order valence-corrected chi connectivity index (χ3v) is 3.06. The average molecular weight is 259 g/mol. The van der Waals surface area contributed by atoms with E-state index >= 15 is 0 Å². The highest BCUT2D eigenvalue weighted by Crippen LogP contribution is 2.24. The van der Waals surface area contributed by atoms with Gasteiger partial charge in [0.25, 0.3) is 0 Å². The molecule has 1 fully saturated rings. The van der Waals surface area contributed by atoms with Gasteiger partial charge in [-0.2, -0.15) is 12.6 Å². The molecule has 0 saturated carbocycles. The van der Waals surface area contributed by atoms with Crippen molar-refractivity contribution in [3.8, 4) is 0 Å². The van der Waals surface area contributed by atoms with Crippen molar-refractivity contribution < 1.29 is 9.53 Å². The molecule has 2 atom stereocenters. The van der Waals surface area contributed by atoms with Gasteiger partial charge in [-0.15, -0.1) is 0 Å². The molecule has 0 aromatic rings. The van der Waals surface area contributed by atoms with Gasteiger partial charge in [-0.1, -0.05) is 6.92 Å². The Labute approximate surface area is 110 Å². The summed E-state index contributed by atoms with van der Waals surface area (Å²) in [4.78, 5) is 13.8. The fraction of sp³-hybridized carbons (Fsp3) is 0.923. The van der Waals surface area contributed by atoms with Gasteiger partial charge in [-0.25, -0.2) is 4.79 Å². The molecule has 3 nitrogen and oxygen atoms in total. The first-order chi connectivity index (χ1) is 7.78. The van der Waals surface area contributed by atoms with E-state index in [0.717, 1.165) is 25.9 Å². The summed E-state index contributed by atoms with van der Waals surface area (Å²) in [5, 5.41) is 0.401. The van der Waals surface area contributed by atoms with Gasteiger partial charge in [-0.3, -0.25) is 0 Å². The molecule has 0 aromatic carbocycles. The maximum absolute atomic E-state index is 11.9. The van der Waals surface area contributed by atoms with E-state index in [1.165, 1.54) is 6.42 Å². The third-order valence-electron chi connectivity index (χ3n) is 2.85. The SMILES string of the molecule is CC(S)CC1CCCN(C(=O)OC(C)(C)C)C1. The number of piperidine rings is 1. The molecule has 0 N–H and O–H groups in total. The summed E-state index contributed by atoms with van der Waals surface area (Å²) in [6.07, 6.45) is 3.17. The maximum Gasteiger partial charge on any atom is 0.410 e. The van der Waals surface area contributed by atoms with Crippen LogP contribution < -0.4 is 0 Å². The van der Waals surface area contributed by atoms with Crippen molar-refractivity contribution in [3.63, 3.8) is 0 Å². The molecule has 0 spiro atoms. The standard InChI is InChI=1S/C13H25NO2S/c1-10(17)8-11-6-5-7-14(9-11)12(15)16-13(2,3)4/h10-11,17H,5-9H2,1-4H3. The smallest absolute Gasteiger partial charge is 0.410 e. The molecule has 100 valence electrons. The molecule has 1 saturated heterocycles. The predicted octanol–water partition coefficient (Wildman–Crippen LogP) is 3.34. The minimum absolute atomic E-state index is 0.172. The van der Waals surface area contributed by atoms with E-state index in [0.29, 0.717) is 11.2 Å². The monoisotopic (exact) mass is 259 g/mol. The molecule has 0 aliphatic carbocycles. The molecule has 1 aliphatic rings. The van der Waals surface area contributed by atoms with E-state index in [4.69, 9.17) is 4.74 Å². The Morgan fingerprint density at radius 3 is 2.71 bits per heavy atom. The first-order valence-electron chi connectivity index (χ1n) is 6.44. The number of hydrogen-bond donors (Lipinski definition) is 1. The average Bonchev–Trinajstić information content (AvgIpc) is 2.14. The number of nitrogens with zero attached hydrogens (tertiary/aromatic N) is 1. The van der Waals surface area contributed by atoms with Gasteiger partial charge < -0.3 is 9.64 Å². The van der Waals surface area contributed by atoms with Gasteiger partial charge in [0.2, 0.25) is 0 Å². The predicted molar refractivity (Wildman–Crippen MR) is 73.6 cm³/mol. The summed E-state index contributed by atoms with van der Waals surface area (Å²) < 4.78 is 5.40. The molecule has 4 heteroatoms. The number of thiol groups is 1. The van der Waals surface area contributed by atoms with Crippen LogP contribution in [0.5, 0.6) is 0 Å². The van der Waals surface area contributed by atoms with E-state index in [-0.39, 0.29) is 6.09 Å².